The Labute approximate surface area is 212 Å². The average molecular weight is 509 g/mol. The number of carbonyl (C=O) groups is 1. The highest BCUT2D eigenvalue weighted by molar-refractivity contribution is 6.32. The summed E-state index contributed by atoms with van der Waals surface area (Å²) in [6.45, 7) is 1.90. The van der Waals surface area contributed by atoms with E-state index in [1.807, 2.05) is 54.0 Å². The molecule has 0 aliphatic carbocycles. The highest BCUT2D eigenvalue weighted by atomic mass is 35.5. The van der Waals surface area contributed by atoms with Gasteiger partial charge in [-0.1, -0.05) is 53.5 Å². The first kappa shape index (κ1) is 23.1. The van der Waals surface area contributed by atoms with E-state index in [-0.39, 0.29) is 5.91 Å². The topological polar surface area (TPSA) is 77.4 Å². The number of allylic oxidation sites excluding steroid dienone is 1. The molecule has 1 amide bonds. The van der Waals surface area contributed by atoms with Crippen molar-refractivity contribution in [3.8, 4) is 11.5 Å². The molecule has 0 spiro atoms. The number of carbonyl (C=O) groups excluding carboxylic acids is 1. The van der Waals surface area contributed by atoms with Crippen LogP contribution in [0.5, 0.6) is 11.5 Å². The third-order valence-corrected chi connectivity index (χ3v) is 6.67. The highest BCUT2D eigenvalue weighted by Crippen LogP contribution is 2.42. The number of methoxy groups -OCH3 is 2. The fourth-order valence-electron chi connectivity index (χ4n) is 4.38. The number of ether oxygens (including phenoxy) is 2. The van der Waals surface area contributed by atoms with Crippen LogP contribution in [0.3, 0.4) is 0 Å². The van der Waals surface area contributed by atoms with E-state index in [2.05, 4.69) is 10.6 Å². The molecule has 1 atom stereocenters. The van der Waals surface area contributed by atoms with Gasteiger partial charge in [0, 0.05) is 22.9 Å². The molecule has 178 valence electrons. The van der Waals surface area contributed by atoms with Gasteiger partial charge in [0.05, 0.1) is 47.6 Å². The van der Waals surface area contributed by atoms with Gasteiger partial charge in [0.1, 0.15) is 11.5 Å². The average Bonchev–Trinajstić information content (AvgIpc) is 3.23. The molecule has 0 saturated carbocycles. The summed E-state index contributed by atoms with van der Waals surface area (Å²) in [5, 5.41) is 7.31. The van der Waals surface area contributed by atoms with Crippen molar-refractivity contribution in [1.29, 1.82) is 0 Å². The van der Waals surface area contributed by atoms with Crippen molar-refractivity contribution in [3.05, 3.63) is 81.8 Å². The van der Waals surface area contributed by atoms with Gasteiger partial charge in [-0.15, -0.1) is 0 Å². The number of amides is 1. The Morgan fingerprint density at radius 2 is 1.71 bits per heavy atom. The zero-order chi connectivity index (χ0) is 24.7. The summed E-state index contributed by atoms with van der Waals surface area (Å²) in [5.41, 5.74) is 4.12. The number of anilines is 2. The predicted octanol–water partition coefficient (Wildman–Crippen LogP) is 6.40. The number of aromatic nitrogens is 2. The quantitative estimate of drug-likeness (QED) is 0.326. The molecule has 0 radical (unpaired) electrons. The Morgan fingerprint density at radius 1 is 1.00 bits per heavy atom. The molecule has 4 aromatic rings. The summed E-state index contributed by atoms with van der Waals surface area (Å²) in [6.07, 6.45) is 0. The molecule has 5 rings (SSSR count). The number of fused-ring (bicyclic) bond motifs is 3. The summed E-state index contributed by atoms with van der Waals surface area (Å²) in [4.78, 5) is 18.6. The molecule has 3 aromatic carbocycles. The Bertz CT molecular complexity index is 1500. The van der Waals surface area contributed by atoms with Gasteiger partial charge in [-0.2, -0.15) is 0 Å². The molecule has 1 aromatic heterocycles. The first-order chi connectivity index (χ1) is 16.9. The molecule has 35 heavy (non-hydrogen) atoms. The minimum Gasteiger partial charge on any atom is -0.495 e. The Morgan fingerprint density at radius 3 is 2.46 bits per heavy atom. The number of imidazole rings is 1. The molecule has 1 unspecified atom stereocenters. The number of nitrogens with one attached hydrogen (secondary N) is 2. The van der Waals surface area contributed by atoms with E-state index in [9.17, 15) is 4.79 Å². The van der Waals surface area contributed by atoms with E-state index < -0.39 is 6.04 Å². The number of nitrogens with zero attached hydrogens (tertiary/aromatic N) is 2. The van der Waals surface area contributed by atoms with Crippen molar-refractivity contribution in [2.24, 2.45) is 0 Å². The van der Waals surface area contributed by atoms with Crippen molar-refractivity contribution < 1.29 is 14.3 Å². The molecule has 9 heteroatoms. The maximum absolute atomic E-state index is 13.9. The van der Waals surface area contributed by atoms with Crippen LogP contribution in [0.15, 0.2) is 66.2 Å². The van der Waals surface area contributed by atoms with Crippen molar-refractivity contribution >= 4 is 57.5 Å². The second-order valence-corrected chi connectivity index (χ2v) is 8.81. The highest BCUT2D eigenvalue weighted by Gasteiger charge is 2.34. The maximum atomic E-state index is 13.9. The van der Waals surface area contributed by atoms with Gasteiger partial charge in [0.25, 0.3) is 5.91 Å². The lowest BCUT2D eigenvalue weighted by Crippen LogP contribution is -2.30. The normalized spacial score (nSPS) is 14.9. The first-order valence-electron chi connectivity index (χ1n) is 10.9. The molecule has 2 N–H and O–H groups in total. The lowest BCUT2D eigenvalue weighted by molar-refractivity contribution is -0.113. The molecule has 0 saturated heterocycles. The van der Waals surface area contributed by atoms with Crippen LogP contribution in [0, 0.1) is 0 Å². The number of benzene rings is 3. The largest absolute Gasteiger partial charge is 0.495 e. The molecular formula is C26H22Cl2N4O3. The molecule has 0 bridgehead atoms. The summed E-state index contributed by atoms with van der Waals surface area (Å²) in [7, 11) is 3.02. The van der Waals surface area contributed by atoms with Crippen LogP contribution in [0.2, 0.25) is 10.0 Å². The maximum Gasteiger partial charge on any atom is 0.255 e. The minimum absolute atomic E-state index is 0.328. The summed E-state index contributed by atoms with van der Waals surface area (Å²) in [5.74, 6) is 1.14. The Hall–Kier alpha value is -3.68. The number of halogens is 2. The van der Waals surface area contributed by atoms with Crippen LogP contribution < -0.4 is 20.1 Å². The monoisotopic (exact) mass is 508 g/mol. The van der Waals surface area contributed by atoms with Gasteiger partial charge in [0.15, 0.2) is 0 Å². The predicted molar refractivity (Wildman–Crippen MR) is 140 cm³/mol. The minimum atomic E-state index is -0.534. The Balaban J connectivity index is 1.67. The SMILES string of the molecule is COc1cc(NC(=O)C2=C(C)n3c(nc4ccccc43)NC2c2ccccc2Cl)c(OC)cc1Cl. The van der Waals surface area contributed by atoms with Crippen molar-refractivity contribution in [2.45, 2.75) is 13.0 Å². The molecule has 7 nitrogen and oxygen atoms in total. The zero-order valence-electron chi connectivity index (χ0n) is 19.2. The third-order valence-electron chi connectivity index (χ3n) is 6.03. The molecule has 0 fully saturated rings. The lowest BCUT2D eigenvalue weighted by atomic mass is 9.94. The molecular weight excluding hydrogens is 487 g/mol. The standard InChI is InChI=1S/C26H22Cl2N4O3/c1-14-23(25(33)29-19-13-21(34-2)17(28)12-22(19)35-3)24(15-8-4-5-9-16(15)27)31-26-30-18-10-6-7-11-20(18)32(14)26/h4-13,24H,1-3H3,(H,29,33)(H,30,31). The van der Waals surface area contributed by atoms with Crippen molar-refractivity contribution in [3.63, 3.8) is 0 Å². The molecule has 2 heterocycles. The van der Waals surface area contributed by atoms with E-state index in [1.54, 1.807) is 18.2 Å². The summed E-state index contributed by atoms with van der Waals surface area (Å²) in [6, 6.07) is 17.9. The second-order valence-electron chi connectivity index (χ2n) is 8.00. The van der Waals surface area contributed by atoms with Crippen LogP contribution in [-0.2, 0) is 4.79 Å². The van der Waals surface area contributed by atoms with Gasteiger partial charge >= 0.3 is 0 Å². The smallest absolute Gasteiger partial charge is 0.255 e. The van der Waals surface area contributed by atoms with Crippen molar-refractivity contribution in [1.82, 2.24) is 9.55 Å². The van der Waals surface area contributed by atoms with Gasteiger partial charge < -0.3 is 20.1 Å². The van der Waals surface area contributed by atoms with Crippen LogP contribution in [0.4, 0.5) is 11.6 Å². The second kappa shape index (κ2) is 9.17. The van der Waals surface area contributed by atoms with Crippen LogP contribution in [0.1, 0.15) is 18.5 Å². The first-order valence-corrected chi connectivity index (χ1v) is 11.6. The number of hydrogen-bond donors (Lipinski definition) is 2. The third kappa shape index (κ3) is 3.96. The van der Waals surface area contributed by atoms with Gasteiger partial charge in [-0.3, -0.25) is 9.36 Å². The van der Waals surface area contributed by atoms with E-state index in [0.29, 0.717) is 38.8 Å². The summed E-state index contributed by atoms with van der Waals surface area (Å²) >= 11 is 12.8. The van der Waals surface area contributed by atoms with Crippen LogP contribution in [-0.4, -0.2) is 29.7 Å². The van der Waals surface area contributed by atoms with Gasteiger partial charge in [0.2, 0.25) is 5.95 Å². The number of rotatable bonds is 5. The molecule has 1 aliphatic rings. The number of para-hydroxylation sites is 2. The van der Waals surface area contributed by atoms with E-state index in [1.165, 1.54) is 14.2 Å². The van der Waals surface area contributed by atoms with Crippen LogP contribution in [0.25, 0.3) is 16.7 Å². The zero-order valence-corrected chi connectivity index (χ0v) is 20.7. The van der Waals surface area contributed by atoms with Gasteiger partial charge in [-0.05, 0) is 30.7 Å². The van der Waals surface area contributed by atoms with Crippen LogP contribution >= 0.6 is 23.2 Å². The van der Waals surface area contributed by atoms with Crippen molar-refractivity contribution in [2.75, 3.05) is 24.9 Å². The fraction of sp³-hybridized carbons (Fsp3) is 0.154. The van der Waals surface area contributed by atoms with E-state index in [4.69, 9.17) is 37.7 Å². The van der Waals surface area contributed by atoms with E-state index >= 15 is 0 Å². The lowest BCUT2D eigenvalue weighted by Gasteiger charge is -2.30. The number of hydrogen-bond acceptors (Lipinski definition) is 5. The fourth-order valence-corrected chi connectivity index (χ4v) is 4.85. The van der Waals surface area contributed by atoms with E-state index in [0.717, 1.165) is 22.3 Å². The van der Waals surface area contributed by atoms with Gasteiger partial charge in [-0.25, -0.2) is 4.98 Å². The summed E-state index contributed by atoms with van der Waals surface area (Å²) < 4.78 is 12.7. The molecule has 1 aliphatic heterocycles. The Kier molecular flexibility index (Phi) is 6.05.